The fourth-order valence-electron chi connectivity index (χ4n) is 12.0. The van der Waals surface area contributed by atoms with Crippen molar-refractivity contribution in [3.05, 3.63) is 236 Å². The van der Waals surface area contributed by atoms with Crippen molar-refractivity contribution < 1.29 is 4.74 Å². The van der Waals surface area contributed by atoms with E-state index in [9.17, 15) is 0 Å². The number of ether oxygens (including phenoxy) is 1. The maximum absolute atomic E-state index is 5.78. The van der Waals surface area contributed by atoms with Crippen molar-refractivity contribution in [3.63, 3.8) is 0 Å². The Hall–Kier alpha value is -8.66. The molecule has 2 heterocycles. The molecule has 0 fully saturated rings. The van der Waals surface area contributed by atoms with Crippen LogP contribution >= 0.6 is 0 Å². The summed E-state index contributed by atoms with van der Waals surface area (Å²) in [5.41, 5.74) is 14.2. The van der Waals surface area contributed by atoms with Gasteiger partial charge in [-0.25, -0.2) is 0 Å². The Kier molecular flexibility index (Phi) is 8.54. The Labute approximate surface area is 400 Å². The SMILES string of the molecule is COc1ccc2c(c1)c1ccccc1c1cc3c4cc5c(cc4n(-c4ccccc4)c3cc21)N(c1ccc2c(-c3ccccc3)c3ccccc3c(-c3ccccc3)c2c1)c1ccccc1C5(C)C. The summed E-state index contributed by atoms with van der Waals surface area (Å²) in [4.78, 5) is 2.54. The number of hydrogen-bond acceptors (Lipinski definition) is 2. The molecule has 12 aromatic carbocycles. The molecule has 3 nitrogen and oxygen atoms in total. The van der Waals surface area contributed by atoms with Crippen molar-refractivity contribution in [2.24, 2.45) is 0 Å². The highest BCUT2D eigenvalue weighted by molar-refractivity contribution is 6.29. The fourth-order valence-corrected chi connectivity index (χ4v) is 12.0. The fraction of sp³-hybridized carbons (Fsp3) is 0.0606. The summed E-state index contributed by atoms with van der Waals surface area (Å²) in [6.45, 7) is 4.80. The van der Waals surface area contributed by atoms with E-state index in [0.29, 0.717) is 0 Å². The van der Waals surface area contributed by atoms with Crippen LogP contribution in [0.2, 0.25) is 0 Å². The third kappa shape index (κ3) is 5.74. The van der Waals surface area contributed by atoms with Crippen molar-refractivity contribution in [2.75, 3.05) is 12.0 Å². The number of nitrogens with zero attached hydrogens (tertiary/aromatic N) is 2. The quantitative estimate of drug-likeness (QED) is 0.127. The molecule has 0 atom stereocenters. The Morgan fingerprint density at radius 3 is 1.52 bits per heavy atom. The predicted octanol–water partition coefficient (Wildman–Crippen LogP) is 18.0. The smallest absolute Gasteiger partial charge is 0.119 e. The lowest BCUT2D eigenvalue weighted by Gasteiger charge is -2.42. The van der Waals surface area contributed by atoms with E-state index in [1.807, 2.05) is 0 Å². The molecule has 1 aliphatic rings. The Bertz CT molecular complexity index is 4250. The van der Waals surface area contributed by atoms with E-state index in [0.717, 1.165) is 17.1 Å². The van der Waals surface area contributed by atoms with Crippen LogP contribution in [0.1, 0.15) is 25.0 Å². The zero-order valence-corrected chi connectivity index (χ0v) is 38.7. The summed E-state index contributed by atoms with van der Waals surface area (Å²) in [5, 5.41) is 14.8. The van der Waals surface area contributed by atoms with Crippen LogP contribution < -0.4 is 9.64 Å². The first-order valence-electron chi connectivity index (χ1n) is 24.0. The van der Waals surface area contributed by atoms with Crippen molar-refractivity contribution in [1.82, 2.24) is 4.57 Å². The number of methoxy groups -OCH3 is 1. The molecule has 0 bridgehead atoms. The maximum Gasteiger partial charge on any atom is 0.119 e. The molecule has 1 aromatic heterocycles. The minimum absolute atomic E-state index is 0.306. The monoisotopic (exact) mass is 882 g/mol. The molecule has 326 valence electrons. The summed E-state index contributed by atoms with van der Waals surface area (Å²) in [6, 6.07) is 83.2. The molecule has 0 N–H and O–H groups in total. The van der Waals surface area contributed by atoms with Gasteiger partial charge in [0.15, 0.2) is 0 Å². The van der Waals surface area contributed by atoms with Crippen LogP contribution in [0.25, 0.3) is 104 Å². The average Bonchev–Trinajstić information content (AvgIpc) is 3.72. The second kappa shape index (κ2) is 14.9. The lowest BCUT2D eigenvalue weighted by atomic mass is 9.73. The Morgan fingerprint density at radius 1 is 0.333 bits per heavy atom. The molecule has 0 aliphatic carbocycles. The van der Waals surface area contributed by atoms with E-state index in [2.05, 4.69) is 248 Å². The van der Waals surface area contributed by atoms with Crippen molar-refractivity contribution in [1.29, 1.82) is 0 Å². The highest BCUT2D eigenvalue weighted by atomic mass is 16.5. The Balaban J connectivity index is 1.10. The van der Waals surface area contributed by atoms with Gasteiger partial charge in [0.05, 0.1) is 29.5 Å². The topological polar surface area (TPSA) is 17.4 Å². The molecule has 69 heavy (non-hydrogen) atoms. The third-order valence-corrected chi connectivity index (χ3v) is 15.2. The van der Waals surface area contributed by atoms with Gasteiger partial charge in [0.25, 0.3) is 0 Å². The van der Waals surface area contributed by atoms with Crippen LogP contribution in [-0.2, 0) is 5.41 Å². The van der Waals surface area contributed by atoms with Gasteiger partial charge in [-0.1, -0.05) is 172 Å². The molecular weight excluding hydrogens is 837 g/mol. The van der Waals surface area contributed by atoms with Crippen molar-refractivity contribution in [2.45, 2.75) is 19.3 Å². The van der Waals surface area contributed by atoms with Crippen LogP contribution in [0.4, 0.5) is 17.1 Å². The van der Waals surface area contributed by atoms with Crippen LogP contribution in [0, 0.1) is 0 Å². The van der Waals surface area contributed by atoms with Gasteiger partial charge in [-0.15, -0.1) is 0 Å². The number of anilines is 3. The van der Waals surface area contributed by atoms with Gasteiger partial charge in [0.1, 0.15) is 5.75 Å². The summed E-state index contributed by atoms with van der Waals surface area (Å²) < 4.78 is 8.27. The molecule has 0 spiro atoms. The van der Waals surface area contributed by atoms with Crippen molar-refractivity contribution >= 4 is 92.7 Å². The molecule has 14 rings (SSSR count). The highest BCUT2D eigenvalue weighted by Crippen LogP contribution is 2.55. The van der Waals surface area contributed by atoms with Crippen LogP contribution in [0.15, 0.2) is 224 Å². The van der Waals surface area contributed by atoms with Gasteiger partial charge < -0.3 is 14.2 Å². The largest absolute Gasteiger partial charge is 0.497 e. The van der Waals surface area contributed by atoms with Gasteiger partial charge >= 0.3 is 0 Å². The first-order chi connectivity index (χ1) is 34.0. The zero-order valence-electron chi connectivity index (χ0n) is 38.7. The van der Waals surface area contributed by atoms with Gasteiger partial charge in [-0.3, -0.25) is 0 Å². The van der Waals surface area contributed by atoms with E-state index in [-0.39, 0.29) is 5.41 Å². The van der Waals surface area contributed by atoms with Gasteiger partial charge in [0, 0.05) is 27.6 Å². The van der Waals surface area contributed by atoms with Gasteiger partial charge in [-0.2, -0.15) is 0 Å². The molecule has 0 unspecified atom stereocenters. The minimum atomic E-state index is -0.306. The number of rotatable bonds is 5. The first kappa shape index (κ1) is 39.5. The molecule has 0 saturated carbocycles. The number of aromatic nitrogens is 1. The van der Waals surface area contributed by atoms with Gasteiger partial charge in [0.2, 0.25) is 0 Å². The number of para-hydroxylation sites is 2. The van der Waals surface area contributed by atoms with Crippen LogP contribution in [0.5, 0.6) is 5.75 Å². The molecule has 13 aromatic rings. The summed E-state index contributed by atoms with van der Waals surface area (Å²) in [7, 11) is 1.75. The average molecular weight is 883 g/mol. The van der Waals surface area contributed by atoms with E-state index < -0.39 is 0 Å². The summed E-state index contributed by atoms with van der Waals surface area (Å²) in [5.74, 6) is 0.859. The molecule has 0 radical (unpaired) electrons. The Morgan fingerprint density at radius 2 is 0.841 bits per heavy atom. The number of fused-ring (bicyclic) bond motifs is 13. The van der Waals surface area contributed by atoms with Gasteiger partial charge in [-0.05, 0) is 154 Å². The van der Waals surface area contributed by atoms with E-state index in [1.165, 1.54) is 120 Å². The lowest BCUT2D eigenvalue weighted by Crippen LogP contribution is -2.30. The molecule has 0 saturated heterocycles. The molecule has 0 amide bonds. The van der Waals surface area contributed by atoms with E-state index in [1.54, 1.807) is 7.11 Å². The van der Waals surface area contributed by atoms with Crippen molar-refractivity contribution in [3.8, 4) is 33.7 Å². The zero-order chi connectivity index (χ0) is 46.0. The minimum Gasteiger partial charge on any atom is -0.497 e. The lowest BCUT2D eigenvalue weighted by molar-refractivity contribution is 0.415. The molecule has 3 heteroatoms. The van der Waals surface area contributed by atoms with Crippen LogP contribution in [0.3, 0.4) is 0 Å². The number of benzene rings is 12. The molecular formula is C66H46N2O. The number of hydrogen-bond donors (Lipinski definition) is 0. The summed E-state index contributed by atoms with van der Waals surface area (Å²) >= 11 is 0. The highest BCUT2D eigenvalue weighted by Gasteiger charge is 2.38. The van der Waals surface area contributed by atoms with E-state index >= 15 is 0 Å². The standard InChI is InChI=1S/C66H46N2O/c1-66(2)58-29-17-18-30-60(58)68(44-31-33-51-57(35-44)65(42-21-9-5-10-22-42)50-28-16-15-27-49(50)64(51)41-19-7-4-8-20-41)63-40-62-56(38-59(63)66)55-37-53-47-26-14-13-25-46(47)52-36-45(69-3)32-34-48(52)54(53)39-61(55)67(62)43-23-11-6-12-24-43/h4-40H,1-3H3. The predicted molar refractivity (Wildman–Crippen MR) is 293 cm³/mol. The third-order valence-electron chi connectivity index (χ3n) is 15.2. The molecule has 1 aliphatic heterocycles. The normalized spacial score (nSPS) is 13.2. The second-order valence-corrected chi connectivity index (χ2v) is 19.2. The maximum atomic E-state index is 5.78. The van der Waals surface area contributed by atoms with E-state index in [4.69, 9.17) is 4.74 Å². The first-order valence-corrected chi connectivity index (χ1v) is 24.0. The summed E-state index contributed by atoms with van der Waals surface area (Å²) in [6.07, 6.45) is 0. The second-order valence-electron chi connectivity index (χ2n) is 19.2. The van der Waals surface area contributed by atoms with Crippen LogP contribution in [-0.4, -0.2) is 11.7 Å².